The number of rotatable bonds is 2. The fourth-order valence-corrected chi connectivity index (χ4v) is 1.66. The summed E-state index contributed by atoms with van der Waals surface area (Å²) in [6.07, 6.45) is -14.5. The standard InChI is InChI=1S/C8H2F8INO/c9-6(10)4-2(19-8(14,15)16)1-3(17)18-5(4)7(11,12)13/h1,6H. The molecule has 11 heteroatoms. The first-order valence-electron chi connectivity index (χ1n) is 4.23. The molecule has 0 aromatic carbocycles. The predicted octanol–water partition coefficient (Wildman–Crippen LogP) is 4.54. The van der Waals surface area contributed by atoms with Gasteiger partial charge in [0.05, 0.1) is 5.56 Å². The van der Waals surface area contributed by atoms with E-state index in [1.807, 2.05) is 0 Å². The van der Waals surface area contributed by atoms with Crippen LogP contribution in [0.5, 0.6) is 5.75 Å². The molecule has 19 heavy (non-hydrogen) atoms. The van der Waals surface area contributed by atoms with Crippen molar-refractivity contribution in [3.63, 3.8) is 0 Å². The van der Waals surface area contributed by atoms with Gasteiger partial charge in [-0.15, -0.1) is 13.2 Å². The average molecular weight is 407 g/mol. The zero-order chi connectivity index (χ0) is 15.0. The van der Waals surface area contributed by atoms with E-state index in [1.165, 1.54) is 0 Å². The zero-order valence-corrected chi connectivity index (χ0v) is 10.6. The summed E-state index contributed by atoms with van der Waals surface area (Å²) in [7, 11) is 0. The van der Waals surface area contributed by atoms with E-state index in [0.29, 0.717) is 6.07 Å². The lowest BCUT2D eigenvalue weighted by Crippen LogP contribution is -2.21. The van der Waals surface area contributed by atoms with E-state index in [2.05, 4.69) is 9.72 Å². The summed E-state index contributed by atoms with van der Waals surface area (Å²) in [5, 5.41) is 0. The molecule has 0 fully saturated rings. The zero-order valence-electron chi connectivity index (χ0n) is 8.41. The highest BCUT2D eigenvalue weighted by Gasteiger charge is 2.42. The number of aromatic nitrogens is 1. The molecule has 0 aliphatic rings. The maximum atomic E-state index is 12.5. The van der Waals surface area contributed by atoms with Crippen LogP contribution in [0, 0.1) is 3.70 Å². The van der Waals surface area contributed by atoms with E-state index in [1.54, 1.807) is 0 Å². The van der Waals surface area contributed by atoms with E-state index in [-0.39, 0.29) is 0 Å². The fourth-order valence-electron chi connectivity index (χ4n) is 1.14. The first kappa shape index (κ1) is 16.2. The van der Waals surface area contributed by atoms with Crippen molar-refractivity contribution in [1.29, 1.82) is 0 Å². The van der Waals surface area contributed by atoms with E-state index in [9.17, 15) is 35.1 Å². The minimum Gasteiger partial charge on any atom is -0.405 e. The molecule has 0 atom stereocenters. The fraction of sp³-hybridized carbons (Fsp3) is 0.375. The van der Waals surface area contributed by atoms with Gasteiger partial charge in [-0.05, 0) is 22.6 Å². The Bertz CT molecular complexity index is 469. The maximum Gasteiger partial charge on any atom is 0.573 e. The number of ether oxygens (including phenoxy) is 1. The Kier molecular flexibility index (Phi) is 4.47. The molecule has 0 unspecified atom stereocenters. The predicted molar refractivity (Wildman–Crippen MR) is 53.6 cm³/mol. The molecule has 2 nitrogen and oxygen atoms in total. The molecule has 0 aliphatic heterocycles. The lowest BCUT2D eigenvalue weighted by Gasteiger charge is -2.17. The van der Waals surface area contributed by atoms with Crippen LogP contribution >= 0.6 is 22.6 Å². The van der Waals surface area contributed by atoms with Crippen LogP contribution in [0.4, 0.5) is 35.1 Å². The van der Waals surface area contributed by atoms with Crippen LogP contribution in [0.25, 0.3) is 0 Å². The van der Waals surface area contributed by atoms with Gasteiger partial charge in [-0.1, -0.05) is 0 Å². The Morgan fingerprint density at radius 1 is 1.11 bits per heavy atom. The van der Waals surface area contributed by atoms with Crippen LogP contribution in [0.3, 0.4) is 0 Å². The molecule has 0 radical (unpaired) electrons. The molecule has 1 heterocycles. The first-order valence-corrected chi connectivity index (χ1v) is 5.31. The molecule has 0 bridgehead atoms. The highest BCUT2D eigenvalue weighted by Crippen LogP contribution is 2.41. The summed E-state index contributed by atoms with van der Waals surface area (Å²) in [5.74, 6) is -1.62. The van der Waals surface area contributed by atoms with Crippen molar-refractivity contribution in [3.8, 4) is 5.75 Å². The van der Waals surface area contributed by atoms with Crippen molar-refractivity contribution in [3.05, 3.63) is 21.0 Å². The smallest absolute Gasteiger partial charge is 0.405 e. The Hall–Kier alpha value is -0.880. The molecule has 108 valence electrons. The van der Waals surface area contributed by atoms with Gasteiger partial charge in [0.2, 0.25) is 0 Å². The van der Waals surface area contributed by atoms with Crippen molar-refractivity contribution in [2.24, 2.45) is 0 Å². The van der Waals surface area contributed by atoms with Gasteiger partial charge in [-0.3, -0.25) is 0 Å². The second kappa shape index (κ2) is 5.25. The molecular formula is C8H2F8INO. The third kappa shape index (κ3) is 4.31. The monoisotopic (exact) mass is 407 g/mol. The van der Waals surface area contributed by atoms with Crippen LogP contribution in [-0.4, -0.2) is 11.3 Å². The molecule has 0 spiro atoms. The summed E-state index contributed by atoms with van der Waals surface area (Å²) in [6.45, 7) is 0. The van der Waals surface area contributed by atoms with Gasteiger partial charge in [0.25, 0.3) is 6.43 Å². The minimum atomic E-state index is -5.39. The Morgan fingerprint density at radius 2 is 1.63 bits per heavy atom. The van der Waals surface area contributed by atoms with Crippen molar-refractivity contribution in [1.82, 2.24) is 4.98 Å². The molecule has 1 aromatic rings. The van der Waals surface area contributed by atoms with Crippen LogP contribution < -0.4 is 4.74 Å². The van der Waals surface area contributed by atoms with Crippen LogP contribution in [0.2, 0.25) is 0 Å². The number of alkyl halides is 8. The Labute approximate surface area is 113 Å². The van der Waals surface area contributed by atoms with Crippen molar-refractivity contribution in [2.45, 2.75) is 19.0 Å². The molecule has 1 aromatic heterocycles. The van der Waals surface area contributed by atoms with Crippen LogP contribution in [0.15, 0.2) is 6.07 Å². The lowest BCUT2D eigenvalue weighted by atomic mass is 10.1. The highest BCUT2D eigenvalue weighted by atomic mass is 127. The Balaban J connectivity index is 3.50. The van der Waals surface area contributed by atoms with Crippen LogP contribution in [0.1, 0.15) is 17.7 Å². The van der Waals surface area contributed by atoms with E-state index in [0.717, 1.165) is 22.6 Å². The van der Waals surface area contributed by atoms with E-state index in [4.69, 9.17) is 0 Å². The summed E-state index contributed by atoms with van der Waals surface area (Å²) >= 11 is 1.16. The minimum absolute atomic E-state index is 0.352. The van der Waals surface area contributed by atoms with Gasteiger partial charge in [0, 0.05) is 6.07 Å². The van der Waals surface area contributed by atoms with Crippen molar-refractivity contribution >= 4 is 22.6 Å². The van der Waals surface area contributed by atoms with Gasteiger partial charge >= 0.3 is 12.5 Å². The number of hydrogen-bond donors (Lipinski definition) is 0. The quantitative estimate of drug-likeness (QED) is 0.408. The van der Waals surface area contributed by atoms with Crippen LogP contribution in [-0.2, 0) is 6.18 Å². The van der Waals surface area contributed by atoms with Gasteiger partial charge in [-0.2, -0.15) is 13.2 Å². The van der Waals surface area contributed by atoms with Gasteiger partial charge in [0.15, 0.2) is 5.69 Å². The summed E-state index contributed by atoms with van der Waals surface area (Å²) in [5.41, 5.74) is -4.04. The highest BCUT2D eigenvalue weighted by molar-refractivity contribution is 14.1. The molecule has 0 N–H and O–H groups in total. The maximum absolute atomic E-state index is 12.5. The SMILES string of the molecule is FC(F)c1c(OC(F)(F)F)cc(I)nc1C(F)(F)F. The average Bonchev–Trinajstić information content (AvgIpc) is 2.11. The molecule has 0 saturated heterocycles. The second-order valence-corrected chi connectivity index (χ2v) is 4.16. The summed E-state index contributed by atoms with van der Waals surface area (Å²) in [4.78, 5) is 2.79. The normalized spacial score (nSPS) is 12.9. The summed E-state index contributed by atoms with van der Waals surface area (Å²) < 4.78 is 101. The topological polar surface area (TPSA) is 22.1 Å². The second-order valence-electron chi connectivity index (χ2n) is 3.05. The molecule has 1 rings (SSSR count). The first-order chi connectivity index (χ1) is 8.42. The summed E-state index contributed by atoms with van der Waals surface area (Å²) in [6, 6.07) is 0.352. The third-order valence-electron chi connectivity index (χ3n) is 1.70. The molecule has 0 aliphatic carbocycles. The Morgan fingerprint density at radius 3 is 2.00 bits per heavy atom. The lowest BCUT2D eigenvalue weighted by molar-refractivity contribution is -0.275. The number of halogens is 9. The molecule has 0 amide bonds. The van der Waals surface area contributed by atoms with E-state index < -0.39 is 39.7 Å². The molecule has 0 saturated carbocycles. The van der Waals surface area contributed by atoms with Gasteiger partial charge in [0.1, 0.15) is 9.45 Å². The number of hydrogen-bond acceptors (Lipinski definition) is 2. The third-order valence-corrected chi connectivity index (χ3v) is 2.25. The number of nitrogens with zero attached hydrogens (tertiary/aromatic N) is 1. The van der Waals surface area contributed by atoms with Crippen molar-refractivity contribution < 1.29 is 39.9 Å². The molecular weight excluding hydrogens is 405 g/mol. The van der Waals surface area contributed by atoms with Gasteiger partial charge < -0.3 is 4.74 Å². The van der Waals surface area contributed by atoms with E-state index >= 15 is 0 Å². The number of pyridine rings is 1. The van der Waals surface area contributed by atoms with Gasteiger partial charge in [-0.25, -0.2) is 13.8 Å². The largest absolute Gasteiger partial charge is 0.573 e. The van der Waals surface area contributed by atoms with Crippen molar-refractivity contribution in [2.75, 3.05) is 0 Å².